The number of fused-ring (bicyclic) bond motifs is 2. The van der Waals surface area contributed by atoms with Crippen LogP contribution in [0.3, 0.4) is 0 Å². The van der Waals surface area contributed by atoms with Crippen LogP contribution in [0.5, 0.6) is 0 Å². The van der Waals surface area contributed by atoms with Gasteiger partial charge in [0.15, 0.2) is 12.0 Å². The molecule has 0 spiro atoms. The number of aliphatic hydroxyl groups excluding tert-OH is 1. The maximum absolute atomic E-state index is 11.4. The van der Waals surface area contributed by atoms with Gasteiger partial charge in [0, 0.05) is 16.6 Å². The van der Waals surface area contributed by atoms with Crippen LogP contribution in [-0.2, 0) is 14.2 Å². The Morgan fingerprint density at radius 3 is 2.68 bits per heavy atom. The number of hydrogen-bond donors (Lipinski definition) is 1. The van der Waals surface area contributed by atoms with Crippen molar-refractivity contribution in [3.8, 4) is 0 Å². The van der Waals surface area contributed by atoms with Crippen molar-refractivity contribution in [2.75, 3.05) is 0 Å². The second kappa shape index (κ2) is 6.98. The molecule has 2 aliphatic rings. The minimum absolute atomic E-state index is 0.443. The Labute approximate surface area is 185 Å². The molecule has 4 heterocycles. The van der Waals surface area contributed by atoms with Gasteiger partial charge in [-0.2, -0.15) is 0 Å². The molecule has 1 aromatic carbocycles. The second-order valence-corrected chi connectivity index (χ2v) is 9.45. The highest BCUT2D eigenvalue weighted by atomic mass is 35.5. The maximum atomic E-state index is 11.4. The first-order valence-electron chi connectivity index (χ1n) is 10.4. The molecule has 0 saturated carbocycles. The largest absolute Gasteiger partial charge is 0.386 e. The van der Waals surface area contributed by atoms with Crippen LogP contribution in [0.15, 0.2) is 36.8 Å². The van der Waals surface area contributed by atoms with Crippen molar-refractivity contribution >= 4 is 22.6 Å². The van der Waals surface area contributed by atoms with Crippen molar-refractivity contribution in [1.29, 1.82) is 0 Å². The molecule has 3 aromatic rings. The lowest BCUT2D eigenvalue weighted by Gasteiger charge is -2.32. The van der Waals surface area contributed by atoms with Crippen LogP contribution in [0.1, 0.15) is 49.9 Å². The maximum Gasteiger partial charge on any atom is 0.165 e. The van der Waals surface area contributed by atoms with E-state index >= 15 is 0 Å². The molecule has 0 bridgehead atoms. The van der Waals surface area contributed by atoms with Crippen molar-refractivity contribution in [1.82, 2.24) is 14.5 Å². The highest BCUT2D eigenvalue weighted by molar-refractivity contribution is 6.31. The van der Waals surface area contributed by atoms with E-state index in [4.69, 9.17) is 25.8 Å². The summed E-state index contributed by atoms with van der Waals surface area (Å²) in [6, 6.07) is 7.46. The van der Waals surface area contributed by atoms with Crippen molar-refractivity contribution in [2.45, 2.75) is 70.5 Å². The van der Waals surface area contributed by atoms with Crippen molar-refractivity contribution in [2.24, 2.45) is 0 Å². The number of aliphatic hydroxyl groups is 1. The molecular formula is C23H26ClN3O4. The standard InChI is InChI=1S/C23H26ClN3O4/c1-12-10-14(6-7-16(12)24)17(28)18-23(5)19(30-22(3,4)31-23)21(29-18)27-9-8-15-13(2)25-11-26-20(15)27/h6-11,17-19,21,28H,1-5H3/t17-,18?,19+,21-,23-/m1/s1. The van der Waals surface area contributed by atoms with Crippen LogP contribution >= 0.6 is 11.6 Å². The quantitative estimate of drug-likeness (QED) is 0.652. The third-order valence-corrected chi connectivity index (χ3v) is 6.77. The zero-order valence-corrected chi connectivity index (χ0v) is 18.9. The number of ether oxygens (including phenoxy) is 3. The molecule has 2 fully saturated rings. The normalized spacial score (nSPS) is 30.6. The summed E-state index contributed by atoms with van der Waals surface area (Å²) < 4.78 is 21.1. The first-order valence-corrected chi connectivity index (χ1v) is 10.7. The van der Waals surface area contributed by atoms with Crippen molar-refractivity contribution < 1.29 is 19.3 Å². The van der Waals surface area contributed by atoms with Crippen LogP contribution in [0.25, 0.3) is 11.0 Å². The lowest BCUT2D eigenvalue weighted by molar-refractivity contribution is -0.223. The van der Waals surface area contributed by atoms with Crippen LogP contribution < -0.4 is 0 Å². The minimum Gasteiger partial charge on any atom is -0.386 e. The Kier molecular flexibility index (Phi) is 4.70. The van der Waals surface area contributed by atoms with Gasteiger partial charge >= 0.3 is 0 Å². The van der Waals surface area contributed by atoms with Gasteiger partial charge in [-0.1, -0.05) is 23.7 Å². The second-order valence-electron chi connectivity index (χ2n) is 9.04. The number of nitrogens with zero attached hydrogens (tertiary/aromatic N) is 3. The van der Waals surface area contributed by atoms with E-state index in [9.17, 15) is 5.11 Å². The topological polar surface area (TPSA) is 78.6 Å². The first kappa shape index (κ1) is 20.8. The molecule has 5 atom stereocenters. The third kappa shape index (κ3) is 3.18. The van der Waals surface area contributed by atoms with E-state index in [1.54, 1.807) is 12.4 Å². The summed E-state index contributed by atoms with van der Waals surface area (Å²) in [4.78, 5) is 8.74. The number of aromatic nitrogens is 3. The molecule has 1 unspecified atom stereocenters. The SMILES string of the molecule is Cc1cc([C@@H](O)C2O[C@@H](n3ccc4c(C)ncnc43)[C@@H]3OC(C)(C)O[C@]23C)ccc1Cl. The third-order valence-electron chi connectivity index (χ3n) is 6.34. The Bertz CT molecular complexity index is 1160. The first-order chi connectivity index (χ1) is 14.6. The summed E-state index contributed by atoms with van der Waals surface area (Å²) in [6.45, 7) is 9.55. The molecule has 0 amide bonds. The van der Waals surface area contributed by atoms with Crippen molar-refractivity contribution in [3.05, 3.63) is 58.6 Å². The Hall–Kier alpha value is -2.03. The van der Waals surface area contributed by atoms with E-state index in [0.29, 0.717) is 5.02 Å². The molecular weight excluding hydrogens is 418 g/mol. The number of aryl methyl sites for hydroxylation is 2. The summed E-state index contributed by atoms with van der Waals surface area (Å²) in [7, 11) is 0. The Morgan fingerprint density at radius 2 is 1.94 bits per heavy atom. The number of halogens is 1. The zero-order valence-electron chi connectivity index (χ0n) is 18.2. The monoisotopic (exact) mass is 443 g/mol. The minimum atomic E-state index is -0.927. The lowest BCUT2D eigenvalue weighted by atomic mass is 9.88. The smallest absolute Gasteiger partial charge is 0.165 e. The van der Waals surface area contributed by atoms with Crippen LogP contribution in [0, 0.1) is 13.8 Å². The molecule has 0 radical (unpaired) electrons. The highest BCUT2D eigenvalue weighted by Gasteiger charge is 2.65. The molecule has 0 aliphatic carbocycles. The van der Waals surface area contributed by atoms with E-state index in [1.807, 2.05) is 63.6 Å². The lowest BCUT2D eigenvalue weighted by Crippen LogP contribution is -2.46. The van der Waals surface area contributed by atoms with E-state index < -0.39 is 35.9 Å². The van der Waals surface area contributed by atoms with Crippen LogP contribution in [-0.4, -0.2) is 43.2 Å². The molecule has 2 aromatic heterocycles. The van der Waals surface area contributed by atoms with Crippen LogP contribution in [0.2, 0.25) is 5.02 Å². The van der Waals surface area contributed by atoms with Gasteiger partial charge < -0.3 is 23.9 Å². The number of hydrogen-bond acceptors (Lipinski definition) is 6. The van der Waals surface area contributed by atoms with Gasteiger partial charge in [-0.25, -0.2) is 9.97 Å². The predicted molar refractivity (Wildman–Crippen MR) is 116 cm³/mol. The van der Waals surface area contributed by atoms with Gasteiger partial charge in [0.2, 0.25) is 0 Å². The fraction of sp³-hybridized carbons (Fsp3) is 0.478. The summed E-state index contributed by atoms with van der Waals surface area (Å²) in [5.41, 5.74) is 2.38. The predicted octanol–water partition coefficient (Wildman–Crippen LogP) is 4.24. The van der Waals surface area contributed by atoms with Gasteiger partial charge in [-0.05, 0) is 57.9 Å². The molecule has 2 saturated heterocycles. The van der Waals surface area contributed by atoms with Gasteiger partial charge in [0.25, 0.3) is 0 Å². The molecule has 1 N–H and O–H groups in total. The fourth-order valence-electron chi connectivity index (χ4n) is 4.88. The average Bonchev–Trinajstić information content (AvgIpc) is 3.31. The van der Waals surface area contributed by atoms with Gasteiger partial charge in [0.05, 0.1) is 5.69 Å². The Balaban J connectivity index is 1.58. The van der Waals surface area contributed by atoms with Gasteiger partial charge in [-0.3, -0.25) is 0 Å². The average molecular weight is 444 g/mol. The molecule has 164 valence electrons. The number of rotatable bonds is 3. The van der Waals surface area contributed by atoms with Crippen molar-refractivity contribution in [3.63, 3.8) is 0 Å². The van der Waals surface area contributed by atoms with Gasteiger partial charge in [0.1, 0.15) is 35.9 Å². The summed E-state index contributed by atoms with van der Waals surface area (Å²) in [5, 5.41) is 13.0. The van der Waals surface area contributed by atoms with Gasteiger partial charge in [-0.15, -0.1) is 0 Å². The fourth-order valence-corrected chi connectivity index (χ4v) is 5.00. The van der Waals surface area contributed by atoms with E-state index in [1.165, 1.54) is 0 Å². The summed E-state index contributed by atoms with van der Waals surface area (Å²) >= 11 is 6.18. The Morgan fingerprint density at radius 1 is 1.16 bits per heavy atom. The van der Waals surface area contributed by atoms with E-state index in [-0.39, 0.29) is 0 Å². The molecule has 7 nitrogen and oxygen atoms in total. The highest BCUT2D eigenvalue weighted by Crippen LogP contribution is 2.53. The molecule has 2 aliphatic heterocycles. The van der Waals surface area contributed by atoms with E-state index in [0.717, 1.165) is 27.9 Å². The molecule has 8 heteroatoms. The molecule has 31 heavy (non-hydrogen) atoms. The summed E-state index contributed by atoms with van der Waals surface area (Å²) in [6.07, 6.45) is 0.913. The zero-order chi connectivity index (χ0) is 22.1. The number of benzene rings is 1. The van der Waals surface area contributed by atoms with Crippen LogP contribution in [0.4, 0.5) is 0 Å². The molecule has 5 rings (SSSR count). The van der Waals surface area contributed by atoms with E-state index in [2.05, 4.69) is 9.97 Å². The summed E-state index contributed by atoms with van der Waals surface area (Å²) in [5.74, 6) is -0.816.